The lowest BCUT2D eigenvalue weighted by Gasteiger charge is -2.33. The number of hydrogen-bond donors (Lipinski definition) is 0. The molecule has 5 nitrogen and oxygen atoms in total. The number of aryl methyl sites for hydroxylation is 1. The molecule has 1 aliphatic heterocycles. The summed E-state index contributed by atoms with van der Waals surface area (Å²) in [6.45, 7) is 3.32. The maximum atomic E-state index is 12.7. The quantitative estimate of drug-likeness (QED) is 0.777. The van der Waals surface area contributed by atoms with Crippen molar-refractivity contribution < 1.29 is 13.2 Å². The van der Waals surface area contributed by atoms with E-state index in [0.717, 1.165) is 11.1 Å². The van der Waals surface area contributed by atoms with E-state index in [0.29, 0.717) is 31.1 Å². The zero-order valence-corrected chi connectivity index (χ0v) is 15.5. The highest BCUT2D eigenvalue weighted by molar-refractivity contribution is 7.89. The van der Waals surface area contributed by atoms with E-state index >= 15 is 0 Å². The maximum Gasteiger partial charge on any atom is 0.246 e. The highest BCUT2D eigenvalue weighted by atomic mass is 32.2. The second-order valence-corrected chi connectivity index (χ2v) is 8.22. The molecule has 0 unspecified atom stereocenters. The van der Waals surface area contributed by atoms with Crippen molar-refractivity contribution in [2.24, 2.45) is 0 Å². The molecule has 6 heteroatoms. The normalized spacial score (nSPS) is 16.1. The molecular formula is C20H22N2O3S. The van der Waals surface area contributed by atoms with Crippen molar-refractivity contribution >= 4 is 22.0 Å². The minimum absolute atomic E-state index is 0.0961. The molecule has 0 spiro atoms. The Kier molecular flexibility index (Phi) is 5.54. The van der Waals surface area contributed by atoms with Gasteiger partial charge < -0.3 is 4.90 Å². The minimum atomic E-state index is -3.51. The van der Waals surface area contributed by atoms with Crippen LogP contribution in [0, 0.1) is 6.92 Å². The molecule has 1 saturated heterocycles. The van der Waals surface area contributed by atoms with Gasteiger partial charge in [-0.3, -0.25) is 4.79 Å². The van der Waals surface area contributed by atoms with Crippen molar-refractivity contribution in [3.63, 3.8) is 0 Å². The minimum Gasteiger partial charge on any atom is -0.337 e. The van der Waals surface area contributed by atoms with Crippen molar-refractivity contribution in [2.45, 2.75) is 11.8 Å². The first kappa shape index (κ1) is 18.4. The predicted octanol–water partition coefficient (Wildman–Crippen LogP) is 2.54. The van der Waals surface area contributed by atoms with Crippen LogP contribution < -0.4 is 0 Å². The molecule has 0 N–H and O–H groups in total. The Balaban J connectivity index is 1.61. The van der Waals surface area contributed by atoms with Crippen LogP contribution in [0.3, 0.4) is 0 Å². The van der Waals surface area contributed by atoms with E-state index in [2.05, 4.69) is 0 Å². The molecule has 0 bridgehead atoms. The van der Waals surface area contributed by atoms with E-state index in [4.69, 9.17) is 0 Å². The SMILES string of the molecule is Cc1ccc(S(=O)(=O)N2CCN(C(=O)C=Cc3ccccc3)CC2)cc1. The molecule has 0 radical (unpaired) electrons. The van der Waals surface area contributed by atoms with Crippen LogP contribution in [0.25, 0.3) is 6.08 Å². The predicted molar refractivity (Wildman–Crippen MR) is 102 cm³/mol. The van der Waals surface area contributed by atoms with Crippen molar-refractivity contribution in [1.82, 2.24) is 9.21 Å². The van der Waals surface area contributed by atoms with Gasteiger partial charge >= 0.3 is 0 Å². The molecule has 26 heavy (non-hydrogen) atoms. The van der Waals surface area contributed by atoms with Gasteiger partial charge in [0.05, 0.1) is 4.90 Å². The Morgan fingerprint density at radius 2 is 1.54 bits per heavy atom. The number of hydrogen-bond acceptors (Lipinski definition) is 3. The van der Waals surface area contributed by atoms with Gasteiger partial charge in [-0.15, -0.1) is 0 Å². The van der Waals surface area contributed by atoms with Crippen molar-refractivity contribution in [1.29, 1.82) is 0 Å². The number of nitrogens with zero attached hydrogens (tertiary/aromatic N) is 2. The second-order valence-electron chi connectivity index (χ2n) is 6.29. The molecule has 2 aromatic rings. The fourth-order valence-corrected chi connectivity index (χ4v) is 4.27. The molecule has 1 heterocycles. The number of piperazine rings is 1. The first-order valence-electron chi connectivity index (χ1n) is 8.56. The van der Waals surface area contributed by atoms with Gasteiger partial charge in [-0.05, 0) is 30.7 Å². The highest BCUT2D eigenvalue weighted by Gasteiger charge is 2.29. The zero-order valence-electron chi connectivity index (χ0n) is 14.7. The molecule has 1 aliphatic rings. The van der Waals surface area contributed by atoms with E-state index in [9.17, 15) is 13.2 Å². The summed E-state index contributed by atoms with van der Waals surface area (Å²) < 4.78 is 26.8. The van der Waals surface area contributed by atoms with Crippen molar-refractivity contribution in [3.8, 4) is 0 Å². The summed E-state index contributed by atoms with van der Waals surface area (Å²) in [5, 5.41) is 0. The largest absolute Gasteiger partial charge is 0.337 e. The van der Waals surface area contributed by atoms with Gasteiger partial charge in [-0.2, -0.15) is 4.31 Å². The molecule has 0 saturated carbocycles. The Labute approximate surface area is 154 Å². The zero-order chi connectivity index (χ0) is 18.6. The van der Waals surface area contributed by atoms with Crippen LogP contribution in [-0.2, 0) is 14.8 Å². The summed E-state index contributed by atoms with van der Waals surface area (Å²) in [5.41, 5.74) is 1.98. The van der Waals surface area contributed by atoms with Gasteiger partial charge in [-0.25, -0.2) is 8.42 Å². The molecular weight excluding hydrogens is 348 g/mol. The van der Waals surface area contributed by atoms with Crippen LogP contribution in [0.4, 0.5) is 0 Å². The monoisotopic (exact) mass is 370 g/mol. The molecule has 0 atom stereocenters. The molecule has 1 amide bonds. The lowest BCUT2D eigenvalue weighted by atomic mass is 10.2. The van der Waals surface area contributed by atoms with Gasteiger partial charge in [0.1, 0.15) is 0 Å². The Morgan fingerprint density at radius 3 is 2.15 bits per heavy atom. The Hall–Kier alpha value is -2.44. The van der Waals surface area contributed by atoms with Gasteiger partial charge in [0.25, 0.3) is 0 Å². The highest BCUT2D eigenvalue weighted by Crippen LogP contribution is 2.18. The Morgan fingerprint density at radius 1 is 0.923 bits per heavy atom. The standard InChI is InChI=1S/C20H22N2O3S/c1-17-7-10-19(11-8-17)26(24,25)22-15-13-21(14-16-22)20(23)12-9-18-5-3-2-4-6-18/h2-12H,13-16H2,1H3. The number of benzene rings is 2. The average molecular weight is 370 g/mol. The fourth-order valence-electron chi connectivity index (χ4n) is 2.85. The van der Waals surface area contributed by atoms with Crippen LogP contribution in [0.2, 0.25) is 0 Å². The lowest BCUT2D eigenvalue weighted by Crippen LogP contribution is -2.50. The van der Waals surface area contributed by atoms with E-state index < -0.39 is 10.0 Å². The summed E-state index contributed by atoms with van der Waals surface area (Å²) in [5.74, 6) is -0.0961. The first-order valence-corrected chi connectivity index (χ1v) is 10.00. The van der Waals surface area contributed by atoms with Crippen molar-refractivity contribution in [2.75, 3.05) is 26.2 Å². The smallest absolute Gasteiger partial charge is 0.246 e. The van der Waals surface area contributed by atoms with E-state index in [1.165, 1.54) is 4.31 Å². The van der Waals surface area contributed by atoms with Crippen LogP contribution >= 0.6 is 0 Å². The van der Waals surface area contributed by atoms with Gasteiger partial charge in [0.2, 0.25) is 15.9 Å². The van der Waals surface area contributed by atoms with E-state index in [1.54, 1.807) is 41.3 Å². The maximum absolute atomic E-state index is 12.7. The van der Waals surface area contributed by atoms with Gasteiger partial charge in [-0.1, -0.05) is 48.0 Å². The first-order chi connectivity index (χ1) is 12.5. The number of carbonyl (C=O) groups excluding carboxylic acids is 1. The summed E-state index contributed by atoms with van der Waals surface area (Å²) in [6.07, 6.45) is 3.32. The number of amides is 1. The average Bonchev–Trinajstić information content (AvgIpc) is 2.67. The van der Waals surface area contributed by atoms with Crippen LogP contribution in [0.15, 0.2) is 65.6 Å². The third-order valence-corrected chi connectivity index (χ3v) is 6.34. The van der Waals surface area contributed by atoms with Gasteiger partial charge in [0.15, 0.2) is 0 Å². The molecule has 1 fully saturated rings. The van der Waals surface area contributed by atoms with Crippen LogP contribution in [0.1, 0.15) is 11.1 Å². The number of carbonyl (C=O) groups is 1. The van der Waals surface area contributed by atoms with Gasteiger partial charge in [0, 0.05) is 32.3 Å². The summed E-state index contributed by atoms with van der Waals surface area (Å²) >= 11 is 0. The third-order valence-electron chi connectivity index (χ3n) is 4.43. The molecule has 3 rings (SSSR count). The summed E-state index contributed by atoms with van der Waals surface area (Å²) in [7, 11) is -3.51. The van der Waals surface area contributed by atoms with Crippen LogP contribution in [0.5, 0.6) is 0 Å². The topological polar surface area (TPSA) is 57.7 Å². The molecule has 0 aromatic heterocycles. The third kappa shape index (κ3) is 4.20. The number of rotatable bonds is 4. The molecule has 2 aromatic carbocycles. The fraction of sp³-hybridized carbons (Fsp3) is 0.250. The summed E-state index contributed by atoms with van der Waals surface area (Å²) in [4.78, 5) is 14.3. The second kappa shape index (κ2) is 7.85. The summed E-state index contributed by atoms with van der Waals surface area (Å²) in [6, 6.07) is 16.5. The Bertz CT molecular complexity index is 882. The molecule has 0 aliphatic carbocycles. The lowest BCUT2D eigenvalue weighted by molar-refractivity contribution is -0.127. The van der Waals surface area contributed by atoms with E-state index in [1.807, 2.05) is 37.3 Å². The molecule has 136 valence electrons. The van der Waals surface area contributed by atoms with Crippen LogP contribution in [-0.4, -0.2) is 49.7 Å². The number of sulfonamides is 1. The van der Waals surface area contributed by atoms with Crippen molar-refractivity contribution in [3.05, 3.63) is 71.8 Å². The van der Waals surface area contributed by atoms with E-state index in [-0.39, 0.29) is 5.91 Å².